The van der Waals surface area contributed by atoms with Crippen molar-refractivity contribution in [3.8, 4) is 0 Å². The molecule has 1 aliphatic carbocycles. The van der Waals surface area contributed by atoms with Crippen LogP contribution in [0.1, 0.15) is 219 Å². The number of Topliss-reactive ketones (excluding diaryl/α,β-unsaturated/α-hetero) is 1. The number of hydrogen-bond acceptors (Lipinski definition) is 16. The molecule has 23 nitrogen and oxygen atoms in total. The molecule has 0 bridgehead atoms. The molecule has 1 aliphatic rings. The molecule has 0 aromatic rings. The van der Waals surface area contributed by atoms with E-state index in [1.807, 2.05) is 6.92 Å². The van der Waals surface area contributed by atoms with Crippen LogP contribution in [-0.2, 0) is 64.7 Å². The highest BCUT2D eigenvalue weighted by Gasteiger charge is 2.59. The Morgan fingerprint density at radius 2 is 0.795 bits per heavy atom. The van der Waals surface area contributed by atoms with Crippen molar-refractivity contribution in [2.24, 2.45) is 0 Å². The predicted octanol–water partition coefficient (Wildman–Crippen LogP) is 9.20. The number of ketones is 1. The molecule has 0 aromatic carbocycles. The van der Waals surface area contributed by atoms with E-state index in [-0.39, 0.29) is 13.0 Å². The summed E-state index contributed by atoms with van der Waals surface area (Å²) in [4.78, 5) is 105. The van der Waals surface area contributed by atoms with Gasteiger partial charge >= 0.3 is 43.2 Å². The SMILES string of the molecule is CCCCCCCCCCCCCCCC(=O)O[C@@H](COP(=O)(O)OC1C(O)[C@H](OP(=O)(O)O)C(OP(=O)(O)O)[C@H](OP(=O)(O)O)[C@@H]1O)CC(=O)OCCCCCCCCCCCCCCCCC(=O)CCC. The quantitative estimate of drug-likeness (QED) is 0.0156. The molecule has 0 saturated heterocycles. The molecule has 73 heavy (non-hydrogen) atoms. The molecule has 432 valence electrons. The minimum absolute atomic E-state index is 0.0375. The Morgan fingerprint density at radius 1 is 0.425 bits per heavy atom. The molecule has 1 saturated carbocycles. The van der Waals surface area contributed by atoms with Crippen LogP contribution in [0.5, 0.6) is 0 Å². The van der Waals surface area contributed by atoms with Crippen molar-refractivity contribution in [2.75, 3.05) is 13.2 Å². The van der Waals surface area contributed by atoms with E-state index in [0.29, 0.717) is 37.9 Å². The second-order valence-electron chi connectivity index (χ2n) is 19.0. The third-order valence-corrected chi connectivity index (χ3v) is 14.8. The molecule has 0 aromatic heterocycles. The fourth-order valence-electron chi connectivity index (χ4n) is 8.52. The van der Waals surface area contributed by atoms with Crippen LogP contribution in [0.25, 0.3) is 0 Å². The molecule has 0 amide bonds. The summed E-state index contributed by atoms with van der Waals surface area (Å²) >= 11 is 0. The molecule has 9 N–H and O–H groups in total. The lowest BCUT2D eigenvalue weighted by Gasteiger charge is -2.45. The van der Waals surface area contributed by atoms with Gasteiger partial charge in [0.15, 0.2) is 0 Å². The van der Waals surface area contributed by atoms with E-state index in [1.54, 1.807) is 0 Å². The van der Waals surface area contributed by atoms with Crippen LogP contribution in [0.3, 0.4) is 0 Å². The number of rotatable bonds is 47. The third kappa shape index (κ3) is 37.4. The molecule has 0 radical (unpaired) electrons. The van der Waals surface area contributed by atoms with Crippen LogP contribution in [0.2, 0.25) is 0 Å². The van der Waals surface area contributed by atoms with Gasteiger partial charge in [0, 0.05) is 19.3 Å². The number of ether oxygens (including phenoxy) is 2. The molecular weight excluding hydrogens is 1040 g/mol. The van der Waals surface area contributed by atoms with Crippen molar-refractivity contribution in [1.29, 1.82) is 0 Å². The average molecular weight is 1140 g/mol. The first-order valence-corrected chi connectivity index (χ1v) is 32.6. The number of aliphatic hydroxyl groups is 2. The van der Waals surface area contributed by atoms with Crippen molar-refractivity contribution in [3.05, 3.63) is 0 Å². The van der Waals surface area contributed by atoms with E-state index < -0.39 is 99.0 Å². The number of esters is 2. The summed E-state index contributed by atoms with van der Waals surface area (Å²) < 4.78 is 82.3. The van der Waals surface area contributed by atoms with Gasteiger partial charge in [-0.1, -0.05) is 168 Å². The second kappa shape index (κ2) is 39.3. The fourth-order valence-corrected chi connectivity index (χ4v) is 11.2. The maximum atomic E-state index is 13.3. The van der Waals surface area contributed by atoms with Gasteiger partial charge in [0.1, 0.15) is 48.5 Å². The third-order valence-electron chi connectivity index (χ3n) is 12.3. The van der Waals surface area contributed by atoms with Crippen molar-refractivity contribution in [3.63, 3.8) is 0 Å². The maximum Gasteiger partial charge on any atom is 0.472 e. The topological polar surface area (TPSA) is 366 Å². The van der Waals surface area contributed by atoms with Gasteiger partial charge in [-0.3, -0.25) is 37.0 Å². The Morgan fingerprint density at radius 3 is 1.19 bits per heavy atom. The van der Waals surface area contributed by atoms with E-state index in [2.05, 4.69) is 20.5 Å². The lowest BCUT2D eigenvalue weighted by molar-refractivity contribution is -0.209. The van der Waals surface area contributed by atoms with Crippen LogP contribution in [0.15, 0.2) is 0 Å². The van der Waals surface area contributed by atoms with Gasteiger partial charge in [0.05, 0.1) is 19.6 Å². The normalized spacial score (nSPS) is 20.9. The molecule has 27 heteroatoms. The van der Waals surface area contributed by atoms with E-state index in [9.17, 15) is 77.1 Å². The van der Waals surface area contributed by atoms with Gasteiger partial charge in [0.2, 0.25) is 0 Å². The van der Waals surface area contributed by atoms with E-state index in [4.69, 9.17) is 18.5 Å². The fraction of sp³-hybridized carbons (Fsp3) is 0.935. The van der Waals surface area contributed by atoms with Gasteiger partial charge in [-0.25, -0.2) is 18.3 Å². The maximum absolute atomic E-state index is 13.3. The van der Waals surface area contributed by atoms with Crippen LogP contribution in [0, 0.1) is 0 Å². The van der Waals surface area contributed by atoms with Crippen LogP contribution >= 0.6 is 31.3 Å². The van der Waals surface area contributed by atoms with Crippen molar-refractivity contribution < 1.29 is 109 Å². The summed E-state index contributed by atoms with van der Waals surface area (Å²) in [6.07, 6.45) is 12.1. The van der Waals surface area contributed by atoms with E-state index in [1.165, 1.54) is 83.5 Å². The summed E-state index contributed by atoms with van der Waals surface area (Å²) in [6, 6.07) is 0. The summed E-state index contributed by atoms with van der Waals surface area (Å²) in [6.45, 7) is 3.21. The zero-order valence-electron chi connectivity index (χ0n) is 43.1. The van der Waals surface area contributed by atoms with Crippen LogP contribution in [0.4, 0.5) is 0 Å². The minimum Gasteiger partial charge on any atom is -0.466 e. The number of carbonyl (C=O) groups is 3. The number of unbranched alkanes of at least 4 members (excludes halogenated alkanes) is 25. The lowest BCUT2D eigenvalue weighted by Crippen LogP contribution is -2.65. The predicted molar refractivity (Wildman–Crippen MR) is 268 cm³/mol. The largest absolute Gasteiger partial charge is 0.472 e. The molecule has 8 atom stereocenters. The Labute approximate surface area is 432 Å². The molecule has 1 fully saturated rings. The Bertz CT molecular complexity index is 1650. The highest BCUT2D eigenvalue weighted by molar-refractivity contribution is 7.47. The first kappa shape index (κ1) is 70.0. The molecule has 4 unspecified atom stereocenters. The number of phosphoric ester groups is 4. The number of hydrogen-bond donors (Lipinski definition) is 9. The van der Waals surface area contributed by atoms with Crippen LogP contribution < -0.4 is 0 Å². The number of aliphatic hydroxyl groups excluding tert-OH is 2. The minimum atomic E-state index is -5.80. The van der Waals surface area contributed by atoms with Gasteiger partial charge < -0.3 is 53.9 Å². The first-order chi connectivity index (χ1) is 34.4. The standard InChI is InChI=1S/C46H90O23P4/c1-3-5-6-7-8-9-10-13-17-20-23-26-29-33-39(48)65-38(35-40(49)63-34-30-27-24-21-18-15-12-11-14-16-19-22-25-28-32-37(47)31-4-2)36-64-73(61,62)69-43-41(50)44(66-70(52,53)54)46(68-72(58,59)60)45(42(43)51)67-71(55,56)57/h38,41-46,50-51H,3-36H2,1-2H3,(H,61,62)(H2,52,53,54)(H2,55,56,57)(H2,58,59,60)/t38-,41-,42?,43?,44-,45+,46?/m1/s1. The lowest BCUT2D eigenvalue weighted by atomic mass is 9.85. The van der Waals surface area contributed by atoms with Crippen molar-refractivity contribution in [2.45, 2.75) is 262 Å². The summed E-state index contributed by atoms with van der Waals surface area (Å²) in [5.41, 5.74) is 0. The smallest absolute Gasteiger partial charge is 0.466 e. The van der Waals surface area contributed by atoms with E-state index >= 15 is 0 Å². The van der Waals surface area contributed by atoms with Gasteiger partial charge in [-0.15, -0.1) is 0 Å². The zero-order valence-corrected chi connectivity index (χ0v) is 46.7. The Hall–Kier alpha value is -1.03. The summed E-state index contributed by atoms with van der Waals surface area (Å²) in [5.74, 6) is -1.25. The summed E-state index contributed by atoms with van der Waals surface area (Å²) in [5, 5.41) is 21.9. The second-order valence-corrected chi connectivity index (χ2v) is 24.0. The van der Waals surface area contributed by atoms with Crippen molar-refractivity contribution in [1.82, 2.24) is 0 Å². The van der Waals surface area contributed by atoms with E-state index in [0.717, 1.165) is 77.0 Å². The molecule has 0 aliphatic heterocycles. The Kier molecular flexibility index (Phi) is 37.7. The highest BCUT2D eigenvalue weighted by Crippen LogP contribution is 2.53. The van der Waals surface area contributed by atoms with Gasteiger partial charge in [-0.05, 0) is 25.7 Å². The molecular formula is C46H90O23P4. The zero-order chi connectivity index (χ0) is 54.8. The average Bonchev–Trinajstić information content (AvgIpc) is 3.28. The monoisotopic (exact) mass is 1130 g/mol. The Balaban J connectivity index is 2.80. The van der Waals surface area contributed by atoms with Gasteiger partial charge in [0.25, 0.3) is 0 Å². The van der Waals surface area contributed by atoms with Crippen molar-refractivity contribution >= 4 is 49.0 Å². The highest BCUT2D eigenvalue weighted by atomic mass is 31.2. The van der Waals surface area contributed by atoms with Crippen LogP contribution in [-0.4, -0.2) is 118 Å². The molecule has 1 rings (SSSR count). The number of carbonyl (C=O) groups excluding carboxylic acids is 3. The number of phosphoric acid groups is 4. The molecule has 0 spiro atoms. The molecule has 0 heterocycles. The summed E-state index contributed by atoms with van der Waals surface area (Å²) in [7, 11) is -23.0. The van der Waals surface area contributed by atoms with Gasteiger partial charge in [-0.2, -0.15) is 0 Å². The first-order valence-electron chi connectivity index (χ1n) is 26.5.